The van der Waals surface area contributed by atoms with Crippen molar-refractivity contribution in [3.63, 3.8) is 0 Å². The van der Waals surface area contributed by atoms with Gasteiger partial charge in [0.05, 0.1) is 37.1 Å². The van der Waals surface area contributed by atoms with Crippen LogP contribution in [-0.4, -0.2) is 59.6 Å². The van der Waals surface area contributed by atoms with Gasteiger partial charge in [-0.15, -0.1) is 0 Å². The molecule has 0 unspecified atom stereocenters. The number of carbonyl (C=O) groups excluding carboxylic acids is 3. The predicted molar refractivity (Wildman–Crippen MR) is 161 cm³/mol. The van der Waals surface area contributed by atoms with Gasteiger partial charge in [-0.05, 0) is 62.0 Å². The predicted octanol–water partition coefficient (Wildman–Crippen LogP) is 5.07. The third-order valence-corrected chi connectivity index (χ3v) is 10.4. The van der Waals surface area contributed by atoms with E-state index in [0.717, 1.165) is 64.2 Å². The van der Waals surface area contributed by atoms with Crippen LogP contribution in [0.15, 0.2) is 29.1 Å². The number of pyridine rings is 1. The molecule has 9 heteroatoms. The van der Waals surface area contributed by atoms with Crippen LogP contribution >= 0.6 is 0 Å². The van der Waals surface area contributed by atoms with Gasteiger partial charge in [0.1, 0.15) is 18.2 Å². The van der Waals surface area contributed by atoms with Crippen LogP contribution in [0.4, 0.5) is 0 Å². The Balaban J connectivity index is 1.36. The van der Waals surface area contributed by atoms with Gasteiger partial charge in [0.2, 0.25) is 5.91 Å². The summed E-state index contributed by atoms with van der Waals surface area (Å²) in [4.78, 5) is 59.3. The molecule has 2 aliphatic heterocycles. The Morgan fingerprint density at radius 2 is 1.77 bits per heavy atom. The molecule has 0 spiro atoms. The molecule has 4 aliphatic rings. The molecule has 0 radical (unpaired) electrons. The summed E-state index contributed by atoms with van der Waals surface area (Å²) in [5, 5.41) is 0.619. The van der Waals surface area contributed by atoms with Crippen LogP contribution in [0.25, 0.3) is 10.9 Å². The van der Waals surface area contributed by atoms with E-state index < -0.39 is 24.0 Å². The van der Waals surface area contributed by atoms with E-state index >= 15 is 0 Å². The number of hydrogen-bond acceptors (Lipinski definition) is 7. The van der Waals surface area contributed by atoms with Crippen molar-refractivity contribution < 1.29 is 28.6 Å². The maximum atomic E-state index is 14.4. The first kappa shape index (κ1) is 29.7. The van der Waals surface area contributed by atoms with Crippen LogP contribution in [0.3, 0.4) is 0 Å². The lowest BCUT2D eigenvalue weighted by atomic mass is 9.65. The smallest absolute Gasteiger partial charge is 0.328 e. The number of H-pyrrole nitrogens is 1. The van der Waals surface area contributed by atoms with Gasteiger partial charge in [-0.1, -0.05) is 51.2 Å². The normalized spacial score (nSPS) is 29.8. The van der Waals surface area contributed by atoms with Crippen LogP contribution in [0.5, 0.6) is 5.88 Å². The van der Waals surface area contributed by atoms with Gasteiger partial charge >= 0.3 is 11.9 Å². The molecule has 5 atom stereocenters. The molecule has 9 nitrogen and oxygen atoms in total. The Kier molecular flexibility index (Phi) is 8.51. The highest BCUT2D eigenvalue weighted by molar-refractivity contribution is 5.89. The second-order valence-corrected chi connectivity index (χ2v) is 13.4. The van der Waals surface area contributed by atoms with Crippen LogP contribution in [-0.2, 0) is 30.3 Å². The van der Waals surface area contributed by atoms with Crippen molar-refractivity contribution in [1.82, 2.24) is 9.88 Å². The second kappa shape index (κ2) is 12.3. The summed E-state index contributed by atoms with van der Waals surface area (Å²) in [5.41, 5.74) is 0.875. The molecule has 1 amide bonds. The molecule has 2 saturated carbocycles. The summed E-state index contributed by atoms with van der Waals surface area (Å²) in [6, 6.07) is 6.57. The molecule has 2 aliphatic carbocycles. The van der Waals surface area contributed by atoms with E-state index in [-0.39, 0.29) is 48.2 Å². The van der Waals surface area contributed by atoms with Crippen LogP contribution in [0.2, 0.25) is 0 Å². The summed E-state index contributed by atoms with van der Waals surface area (Å²) in [6.07, 6.45) is 9.65. The molecule has 1 aromatic heterocycles. The SMILES string of the molecule is COC(=O)[C@@H]1C[C@@H]2CN1C(=O)[C@H](C1(C)CCCCC1)CC(=O)O[C@@H]1C[C@H]1CCCCCc1c([nH]c3ccccc3c1=O)O2. The lowest BCUT2D eigenvalue weighted by molar-refractivity contribution is -0.158. The summed E-state index contributed by atoms with van der Waals surface area (Å²) >= 11 is 0. The number of fused-ring (bicyclic) bond motifs is 5. The molecule has 1 N–H and O–H groups in total. The number of methoxy groups -OCH3 is 1. The van der Waals surface area contributed by atoms with Gasteiger partial charge in [-0.3, -0.25) is 14.4 Å². The standard InChI is InChI=1S/C34H44N2O7/c1-34(15-9-4-10-16-34)25-19-29(37)43-28-17-21(28)11-5-3-6-13-24-30(38)23-12-7-8-14-26(23)35-31(24)42-22-18-27(33(40)41-2)36(20-22)32(25)39/h7-8,12,14,21-22,25,27-28H,3-6,9-11,13,15-20H2,1-2H3,(H,35,38)/t21-,22-,25-,27+,28-/m1/s1. The largest absolute Gasteiger partial charge is 0.473 e. The number of rotatable bonds is 2. The number of amides is 1. The molecule has 232 valence electrons. The molecule has 2 aromatic rings. The number of aromatic amines is 1. The summed E-state index contributed by atoms with van der Waals surface area (Å²) in [5.74, 6) is -0.878. The fourth-order valence-corrected chi connectivity index (χ4v) is 7.71. The summed E-state index contributed by atoms with van der Waals surface area (Å²) < 4.78 is 17.5. The van der Waals surface area contributed by atoms with Crippen LogP contribution < -0.4 is 10.2 Å². The highest BCUT2D eigenvalue weighted by atomic mass is 16.5. The third-order valence-electron chi connectivity index (χ3n) is 10.4. The Bertz CT molecular complexity index is 1430. The summed E-state index contributed by atoms with van der Waals surface area (Å²) in [6.45, 7) is 2.27. The molecule has 6 rings (SSSR count). The van der Waals surface area contributed by atoms with E-state index in [2.05, 4.69) is 11.9 Å². The zero-order valence-corrected chi connectivity index (χ0v) is 25.4. The third kappa shape index (κ3) is 6.18. The minimum absolute atomic E-state index is 0.0105. The quantitative estimate of drug-likeness (QED) is 0.484. The molecule has 2 bridgehead atoms. The molecule has 1 saturated heterocycles. The Hall–Kier alpha value is -3.36. The van der Waals surface area contributed by atoms with Gasteiger partial charge in [-0.25, -0.2) is 4.79 Å². The van der Waals surface area contributed by atoms with Crippen LogP contribution in [0.1, 0.15) is 89.5 Å². The molecular formula is C34H44N2O7. The minimum Gasteiger partial charge on any atom is -0.473 e. The average molecular weight is 593 g/mol. The first-order valence-electron chi connectivity index (χ1n) is 16.2. The van der Waals surface area contributed by atoms with Crippen molar-refractivity contribution in [1.29, 1.82) is 0 Å². The van der Waals surface area contributed by atoms with E-state index in [1.165, 1.54) is 7.11 Å². The second-order valence-electron chi connectivity index (χ2n) is 13.4. The molecular weight excluding hydrogens is 548 g/mol. The number of ether oxygens (including phenoxy) is 3. The maximum absolute atomic E-state index is 14.4. The number of hydrogen-bond donors (Lipinski definition) is 1. The topological polar surface area (TPSA) is 115 Å². The lowest BCUT2D eigenvalue weighted by Gasteiger charge is -2.41. The molecule has 3 fully saturated rings. The first-order valence-corrected chi connectivity index (χ1v) is 16.2. The van der Waals surface area contributed by atoms with Gasteiger partial charge in [0.25, 0.3) is 0 Å². The highest BCUT2D eigenvalue weighted by Gasteiger charge is 2.50. The lowest BCUT2D eigenvalue weighted by Crippen LogP contribution is -2.49. The number of esters is 2. The van der Waals surface area contributed by atoms with E-state index in [0.29, 0.717) is 34.7 Å². The highest BCUT2D eigenvalue weighted by Crippen LogP contribution is 2.46. The van der Waals surface area contributed by atoms with E-state index in [9.17, 15) is 19.2 Å². The number of nitrogens with zero attached hydrogens (tertiary/aromatic N) is 1. The number of nitrogens with one attached hydrogen (secondary N) is 1. The summed E-state index contributed by atoms with van der Waals surface area (Å²) in [7, 11) is 1.32. The number of para-hydroxylation sites is 1. The maximum Gasteiger partial charge on any atom is 0.328 e. The van der Waals surface area contributed by atoms with Crippen molar-refractivity contribution in [2.45, 2.75) is 109 Å². The number of carbonyl (C=O) groups is 3. The van der Waals surface area contributed by atoms with Crippen molar-refractivity contribution in [3.05, 3.63) is 40.1 Å². The fourth-order valence-electron chi connectivity index (χ4n) is 7.71. The van der Waals surface area contributed by atoms with Crippen molar-refractivity contribution in [3.8, 4) is 5.88 Å². The van der Waals surface area contributed by atoms with Crippen molar-refractivity contribution in [2.75, 3.05) is 13.7 Å². The average Bonchev–Trinajstić information content (AvgIpc) is 3.59. The monoisotopic (exact) mass is 592 g/mol. The Morgan fingerprint density at radius 1 is 1.00 bits per heavy atom. The van der Waals surface area contributed by atoms with E-state index in [1.54, 1.807) is 4.90 Å². The van der Waals surface area contributed by atoms with Gasteiger partial charge in [-0.2, -0.15) is 0 Å². The number of benzene rings is 1. The molecule has 43 heavy (non-hydrogen) atoms. The van der Waals surface area contributed by atoms with E-state index in [1.807, 2.05) is 24.3 Å². The minimum atomic E-state index is -0.835. The van der Waals surface area contributed by atoms with Gasteiger partial charge in [0, 0.05) is 11.8 Å². The molecule has 1 aromatic carbocycles. The fraction of sp³-hybridized carbons (Fsp3) is 0.647. The van der Waals surface area contributed by atoms with E-state index in [4.69, 9.17) is 14.2 Å². The Morgan fingerprint density at radius 3 is 2.56 bits per heavy atom. The first-order chi connectivity index (χ1) is 20.8. The Labute approximate surface area is 252 Å². The zero-order chi connectivity index (χ0) is 30.1. The molecule has 3 heterocycles. The van der Waals surface area contributed by atoms with Gasteiger partial charge < -0.3 is 24.1 Å². The van der Waals surface area contributed by atoms with Gasteiger partial charge in [0.15, 0.2) is 11.3 Å². The number of aromatic nitrogens is 1. The van der Waals surface area contributed by atoms with Crippen molar-refractivity contribution >= 4 is 28.7 Å². The zero-order valence-electron chi connectivity index (χ0n) is 25.4. The van der Waals surface area contributed by atoms with Crippen LogP contribution in [0, 0.1) is 17.3 Å². The van der Waals surface area contributed by atoms with Crippen molar-refractivity contribution in [2.24, 2.45) is 17.3 Å².